The van der Waals surface area contributed by atoms with E-state index in [0.29, 0.717) is 11.6 Å². The number of nitrogens with two attached hydrogens (primary N) is 1. The Kier molecular flexibility index (Phi) is 2.44. The number of benzene rings is 1. The Hall–Kier alpha value is -1.06. The minimum absolute atomic E-state index is 0.458. The van der Waals surface area contributed by atoms with Gasteiger partial charge in [0.1, 0.15) is 5.82 Å². The van der Waals surface area contributed by atoms with Crippen LogP contribution in [0.4, 0.5) is 0 Å². The summed E-state index contributed by atoms with van der Waals surface area (Å²) in [4.78, 5) is 4.42. The summed E-state index contributed by atoms with van der Waals surface area (Å²) in [5, 5.41) is 0.710. The second-order valence-corrected chi connectivity index (χ2v) is 3.55. The summed E-state index contributed by atoms with van der Waals surface area (Å²) in [6, 6.07) is 5.72. The Balaban J connectivity index is 2.73. The fraction of sp³-hybridized carbons (Fsp3) is 0.300. The predicted molar refractivity (Wildman–Crippen MR) is 58.3 cm³/mol. The van der Waals surface area contributed by atoms with E-state index in [9.17, 15) is 0 Å². The van der Waals surface area contributed by atoms with E-state index in [2.05, 4.69) is 16.5 Å². The molecular weight excluding hydrogens is 198 g/mol. The van der Waals surface area contributed by atoms with Crippen LogP contribution in [0.5, 0.6) is 0 Å². The molecule has 0 unspecified atom stereocenters. The summed E-state index contributed by atoms with van der Waals surface area (Å²) in [5.41, 5.74) is 7.62. The van der Waals surface area contributed by atoms with Gasteiger partial charge >= 0.3 is 0 Å². The number of aromatic nitrogens is 2. The summed E-state index contributed by atoms with van der Waals surface area (Å²) in [5.74, 6) is 0.907. The highest BCUT2D eigenvalue weighted by molar-refractivity contribution is 6.31. The Morgan fingerprint density at radius 3 is 2.93 bits per heavy atom. The summed E-state index contributed by atoms with van der Waals surface area (Å²) in [6.07, 6.45) is 0. The third-order valence-corrected chi connectivity index (χ3v) is 2.52. The van der Waals surface area contributed by atoms with Crippen molar-refractivity contribution >= 4 is 22.6 Å². The lowest BCUT2D eigenvalue weighted by molar-refractivity contribution is 0.718. The van der Waals surface area contributed by atoms with Gasteiger partial charge in [-0.15, -0.1) is 0 Å². The van der Waals surface area contributed by atoms with Crippen molar-refractivity contribution in [1.29, 1.82) is 0 Å². The predicted octanol–water partition coefficient (Wildman–Crippen LogP) is 2.17. The van der Waals surface area contributed by atoms with E-state index in [1.165, 1.54) is 0 Å². The monoisotopic (exact) mass is 209 g/mol. The molecule has 4 heteroatoms. The number of nitrogens with zero attached hydrogens (tertiary/aromatic N) is 2. The summed E-state index contributed by atoms with van der Waals surface area (Å²) < 4.78 is 2.10. The zero-order valence-electron chi connectivity index (χ0n) is 8.00. The molecule has 74 valence electrons. The van der Waals surface area contributed by atoms with Crippen LogP contribution in [-0.2, 0) is 13.1 Å². The second kappa shape index (κ2) is 3.59. The molecule has 0 saturated heterocycles. The van der Waals surface area contributed by atoms with Gasteiger partial charge in [-0.25, -0.2) is 4.98 Å². The molecule has 0 spiro atoms. The van der Waals surface area contributed by atoms with Gasteiger partial charge in [0, 0.05) is 11.6 Å². The van der Waals surface area contributed by atoms with Crippen LogP contribution in [0.2, 0.25) is 5.02 Å². The van der Waals surface area contributed by atoms with Crippen molar-refractivity contribution in [3.63, 3.8) is 0 Å². The third kappa shape index (κ3) is 1.38. The fourth-order valence-corrected chi connectivity index (χ4v) is 1.83. The number of hydrogen-bond donors (Lipinski definition) is 1. The van der Waals surface area contributed by atoms with Crippen LogP contribution < -0.4 is 5.73 Å². The first-order valence-electron chi connectivity index (χ1n) is 4.61. The number of imidazole rings is 1. The normalized spacial score (nSPS) is 11.1. The maximum Gasteiger partial charge on any atom is 0.123 e. The number of rotatable bonds is 2. The van der Waals surface area contributed by atoms with Crippen LogP contribution in [0.1, 0.15) is 12.7 Å². The maximum absolute atomic E-state index is 5.89. The quantitative estimate of drug-likeness (QED) is 0.824. The van der Waals surface area contributed by atoms with Crippen LogP contribution in [0.15, 0.2) is 18.2 Å². The molecule has 0 amide bonds. The van der Waals surface area contributed by atoms with Gasteiger partial charge in [-0.2, -0.15) is 0 Å². The lowest BCUT2D eigenvalue weighted by Gasteiger charge is -2.02. The molecule has 0 radical (unpaired) electrons. The summed E-state index contributed by atoms with van der Waals surface area (Å²) >= 11 is 5.89. The SMILES string of the molecule is CCn1c(CN)nc2cc(Cl)ccc21. The van der Waals surface area contributed by atoms with Gasteiger partial charge in [0.15, 0.2) is 0 Å². The molecule has 2 N–H and O–H groups in total. The molecule has 1 aromatic carbocycles. The standard InChI is InChI=1S/C10H12ClN3/c1-2-14-9-4-3-7(11)5-8(9)13-10(14)6-12/h3-5H,2,6,12H2,1H3. The average Bonchev–Trinajstić information content (AvgIpc) is 2.54. The highest BCUT2D eigenvalue weighted by Crippen LogP contribution is 2.20. The lowest BCUT2D eigenvalue weighted by Crippen LogP contribution is -2.06. The largest absolute Gasteiger partial charge is 0.327 e. The van der Waals surface area contributed by atoms with Crippen LogP contribution in [-0.4, -0.2) is 9.55 Å². The average molecular weight is 210 g/mol. The van der Waals surface area contributed by atoms with Gasteiger partial charge in [-0.1, -0.05) is 11.6 Å². The van der Waals surface area contributed by atoms with Gasteiger partial charge in [-0.3, -0.25) is 0 Å². The zero-order valence-corrected chi connectivity index (χ0v) is 8.75. The first kappa shape index (κ1) is 9.49. The molecule has 2 rings (SSSR count). The first-order chi connectivity index (χ1) is 6.76. The van der Waals surface area contributed by atoms with Gasteiger partial charge in [0.05, 0.1) is 17.6 Å². The molecule has 0 fully saturated rings. The van der Waals surface area contributed by atoms with Crippen molar-refractivity contribution in [3.05, 3.63) is 29.0 Å². The Morgan fingerprint density at radius 2 is 2.29 bits per heavy atom. The molecule has 1 heterocycles. The van der Waals surface area contributed by atoms with Crippen LogP contribution >= 0.6 is 11.6 Å². The molecule has 0 aliphatic rings. The molecule has 0 saturated carbocycles. The van der Waals surface area contributed by atoms with E-state index in [1.54, 1.807) is 0 Å². The van der Waals surface area contributed by atoms with Crippen molar-refractivity contribution < 1.29 is 0 Å². The van der Waals surface area contributed by atoms with E-state index in [-0.39, 0.29) is 0 Å². The topological polar surface area (TPSA) is 43.8 Å². The minimum Gasteiger partial charge on any atom is -0.327 e. The number of fused-ring (bicyclic) bond motifs is 1. The summed E-state index contributed by atoms with van der Waals surface area (Å²) in [6.45, 7) is 3.42. The van der Waals surface area contributed by atoms with E-state index in [4.69, 9.17) is 17.3 Å². The van der Waals surface area contributed by atoms with Crippen molar-refractivity contribution in [3.8, 4) is 0 Å². The van der Waals surface area contributed by atoms with E-state index >= 15 is 0 Å². The van der Waals surface area contributed by atoms with Gasteiger partial charge < -0.3 is 10.3 Å². The first-order valence-corrected chi connectivity index (χ1v) is 4.98. The van der Waals surface area contributed by atoms with Crippen molar-refractivity contribution in [1.82, 2.24) is 9.55 Å². The van der Waals surface area contributed by atoms with Gasteiger partial charge in [0.25, 0.3) is 0 Å². The highest BCUT2D eigenvalue weighted by atomic mass is 35.5. The van der Waals surface area contributed by atoms with E-state index < -0.39 is 0 Å². The van der Waals surface area contributed by atoms with E-state index in [1.807, 2.05) is 18.2 Å². The lowest BCUT2D eigenvalue weighted by atomic mass is 10.3. The highest BCUT2D eigenvalue weighted by Gasteiger charge is 2.07. The zero-order chi connectivity index (χ0) is 10.1. The molecular formula is C10H12ClN3. The minimum atomic E-state index is 0.458. The maximum atomic E-state index is 5.89. The fourth-order valence-electron chi connectivity index (χ4n) is 1.66. The second-order valence-electron chi connectivity index (χ2n) is 3.11. The Labute approximate surface area is 87.5 Å². The smallest absolute Gasteiger partial charge is 0.123 e. The molecule has 2 aromatic rings. The Morgan fingerprint density at radius 1 is 1.50 bits per heavy atom. The van der Waals surface area contributed by atoms with Gasteiger partial charge in [0.2, 0.25) is 0 Å². The third-order valence-electron chi connectivity index (χ3n) is 2.29. The molecule has 0 aliphatic heterocycles. The molecule has 0 atom stereocenters. The van der Waals surface area contributed by atoms with Crippen LogP contribution in [0, 0.1) is 0 Å². The molecule has 3 nitrogen and oxygen atoms in total. The van der Waals surface area contributed by atoms with Crippen molar-refractivity contribution in [2.24, 2.45) is 5.73 Å². The number of halogens is 1. The molecule has 0 bridgehead atoms. The number of aryl methyl sites for hydroxylation is 1. The molecule has 14 heavy (non-hydrogen) atoms. The van der Waals surface area contributed by atoms with E-state index in [0.717, 1.165) is 23.4 Å². The number of hydrogen-bond acceptors (Lipinski definition) is 2. The molecule has 1 aromatic heterocycles. The summed E-state index contributed by atoms with van der Waals surface area (Å²) in [7, 11) is 0. The molecule has 0 aliphatic carbocycles. The Bertz CT molecular complexity index is 462. The van der Waals surface area contributed by atoms with Crippen LogP contribution in [0.3, 0.4) is 0 Å². The van der Waals surface area contributed by atoms with Gasteiger partial charge in [-0.05, 0) is 25.1 Å². The van der Waals surface area contributed by atoms with Crippen molar-refractivity contribution in [2.45, 2.75) is 20.0 Å². The van der Waals surface area contributed by atoms with Crippen molar-refractivity contribution in [2.75, 3.05) is 0 Å². The van der Waals surface area contributed by atoms with Crippen LogP contribution in [0.25, 0.3) is 11.0 Å².